The second kappa shape index (κ2) is 3.77. The molecule has 2 bridgehead atoms. The molecule has 15 heavy (non-hydrogen) atoms. The molecule has 3 heteroatoms. The van der Waals surface area contributed by atoms with Crippen LogP contribution >= 0.6 is 0 Å². The van der Waals surface area contributed by atoms with Crippen LogP contribution in [0.1, 0.15) is 39.5 Å². The fraction of sp³-hybridized carbons (Fsp3) is 0.917. The number of aliphatic hydroxyl groups is 1. The first-order chi connectivity index (χ1) is 7.08. The van der Waals surface area contributed by atoms with Gasteiger partial charge >= 0.3 is 0 Å². The average Bonchev–Trinajstić information content (AvgIpc) is 2.75. The van der Waals surface area contributed by atoms with E-state index in [-0.39, 0.29) is 12.2 Å². The van der Waals surface area contributed by atoms with Crippen molar-refractivity contribution in [1.82, 2.24) is 0 Å². The fourth-order valence-electron chi connectivity index (χ4n) is 2.94. The quantitative estimate of drug-likeness (QED) is 0.771. The summed E-state index contributed by atoms with van der Waals surface area (Å²) in [6.45, 7) is 4.14. The maximum atomic E-state index is 10.2. The van der Waals surface area contributed by atoms with Gasteiger partial charge in [0.1, 0.15) is 5.41 Å². The lowest BCUT2D eigenvalue weighted by Gasteiger charge is -2.33. The Morgan fingerprint density at radius 1 is 1.53 bits per heavy atom. The SMILES string of the molecule is CC(C)CC(O)C1(C#N)CC2CCC1O2. The zero-order valence-corrected chi connectivity index (χ0v) is 9.44. The van der Waals surface area contributed by atoms with Crippen molar-refractivity contribution < 1.29 is 9.84 Å². The van der Waals surface area contributed by atoms with Gasteiger partial charge in [-0.15, -0.1) is 0 Å². The number of rotatable bonds is 3. The van der Waals surface area contributed by atoms with Gasteiger partial charge in [0.25, 0.3) is 0 Å². The van der Waals surface area contributed by atoms with Gasteiger partial charge in [-0.1, -0.05) is 13.8 Å². The second-order valence-electron chi connectivity index (χ2n) is 5.33. The van der Waals surface area contributed by atoms with Crippen LogP contribution in [-0.2, 0) is 4.74 Å². The van der Waals surface area contributed by atoms with Crippen LogP contribution < -0.4 is 0 Å². The smallest absolute Gasteiger partial charge is 0.112 e. The van der Waals surface area contributed by atoms with E-state index in [2.05, 4.69) is 19.9 Å². The van der Waals surface area contributed by atoms with Gasteiger partial charge in [-0.2, -0.15) is 5.26 Å². The molecule has 0 radical (unpaired) electrons. The van der Waals surface area contributed by atoms with E-state index in [0.29, 0.717) is 12.3 Å². The maximum Gasteiger partial charge on any atom is 0.112 e. The highest BCUT2D eigenvalue weighted by Gasteiger charge is 2.56. The summed E-state index contributed by atoms with van der Waals surface area (Å²) in [6.07, 6.45) is 3.08. The Labute approximate surface area is 91.0 Å². The molecule has 3 nitrogen and oxygen atoms in total. The van der Waals surface area contributed by atoms with E-state index in [1.54, 1.807) is 0 Å². The van der Waals surface area contributed by atoms with Gasteiger partial charge in [-0.05, 0) is 31.6 Å². The molecular weight excluding hydrogens is 190 g/mol. The Morgan fingerprint density at radius 2 is 2.27 bits per heavy atom. The first-order valence-corrected chi connectivity index (χ1v) is 5.83. The number of ether oxygens (including phenoxy) is 1. The third kappa shape index (κ3) is 1.66. The molecule has 0 spiro atoms. The first kappa shape index (κ1) is 10.9. The Hall–Kier alpha value is -0.590. The normalized spacial score (nSPS) is 40.7. The third-order valence-corrected chi connectivity index (χ3v) is 3.74. The van der Waals surface area contributed by atoms with Gasteiger partial charge in [0.2, 0.25) is 0 Å². The van der Waals surface area contributed by atoms with E-state index in [9.17, 15) is 10.4 Å². The van der Waals surface area contributed by atoms with E-state index >= 15 is 0 Å². The largest absolute Gasteiger partial charge is 0.391 e. The maximum absolute atomic E-state index is 10.2. The molecule has 0 saturated carbocycles. The topological polar surface area (TPSA) is 53.2 Å². The van der Waals surface area contributed by atoms with Gasteiger partial charge in [0.15, 0.2) is 0 Å². The molecule has 2 heterocycles. The summed E-state index contributed by atoms with van der Waals surface area (Å²) in [6, 6.07) is 2.34. The van der Waals surface area contributed by atoms with E-state index in [1.807, 2.05) is 0 Å². The van der Waals surface area contributed by atoms with Crippen molar-refractivity contribution in [1.29, 1.82) is 5.26 Å². The fourth-order valence-corrected chi connectivity index (χ4v) is 2.94. The summed E-state index contributed by atoms with van der Waals surface area (Å²) in [4.78, 5) is 0. The van der Waals surface area contributed by atoms with Crippen LogP contribution in [0.4, 0.5) is 0 Å². The van der Waals surface area contributed by atoms with E-state index in [0.717, 1.165) is 19.3 Å². The summed E-state index contributed by atoms with van der Waals surface area (Å²) < 4.78 is 5.70. The lowest BCUT2D eigenvalue weighted by atomic mass is 9.69. The molecule has 2 aliphatic rings. The summed E-state index contributed by atoms with van der Waals surface area (Å²) in [5.41, 5.74) is -0.618. The van der Waals surface area contributed by atoms with Crippen molar-refractivity contribution in [2.24, 2.45) is 11.3 Å². The number of hydrogen-bond acceptors (Lipinski definition) is 3. The van der Waals surface area contributed by atoms with Crippen molar-refractivity contribution in [2.75, 3.05) is 0 Å². The monoisotopic (exact) mass is 209 g/mol. The zero-order chi connectivity index (χ0) is 11.1. The minimum Gasteiger partial charge on any atom is -0.391 e. The van der Waals surface area contributed by atoms with Crippen LogP contribution in [0.25, 0.3) is 0 Å². The number of fused-ring (bicyclic) bond motifs is 2. The van der Waals surface area contributed by atoms with Crippen LogP contribution in [0, 0.1) is 22.7 Å². The van der Waals surface area contributed by atoms with Crippen LogP contribution in [-0.4, -0.2) is 23.4 Å². The average molecular weight is 209 g/mol. The molecule has 2 fully saturated rings. The molecule has 2 rings (SSSR count). The number of nitriles is 1. The van der Waals surface area contributed by atoms with E-state index in [4.69, 9.17) is 4.74 Å². The molecule has 0 aliphatic carbocycles. The molecule has 0 aromatic carbocycles. The van der Waals surface area contributed by atoms with Gasteiger partial charge < -0.3 is 9.84 Å². The highest BCUT2D eigenvalue weighted by molar-refractivity contribution is 5.15. The predicted octanol–water partition coefficient (Wildman–Crippen LogP) is 1.85. The van der Waals surface area contributed by atoms with Crippen molar-refractivity contribution in [3.8, 4) is 6.07 Å². The summed E-state index contributed by atoms with van der Waals surface area (Å²) in [5, 5.41) is 19.5. The number of nitrogens with zero attached hydrogens (tertiary/aromatic N) is 1. The minimum absolute atomic E-state index is 0.0266. The Bertz CT molecular complexity index is 284. The van der Waals surface area contributed by atoms with Crippen molar-refractivity contribution in [3.05, 3.63) is 0 Å². The highest BCUT2D eigenvalue weighted by atomic mass is 16.5. The van der Waals surface area contributed by atoms with Crippen LogP contribution in [0.2, 0.25) is 0 Å². The molecule has 4 unspecified atom stereocenters. The lowest BCUT2D eigenvalue weighted by molar-refractivity contribution is -0.00525. The molecule has 0 aromatic rings. The molecule has 0 aromatic heterocycles. The molecular formula is C12H19NO2. The predicted molar refractivity (Wildman–Crippen MR) is 56.0 cm³/mol. The van der Waals surface area contributed by atoms with Gasteiger partial charge in [-0.25, -0.2) is 0 Å². The van der Waals surface area contributed by atoms with E-state index in [1.165, 1.54) is 0 Å². The first-order valence-electron chi connectivity index (χ1n) is 5.83. The Morgan fingerprint density at radius 3 is 2.67 bits per heavy atom. The standard InChI is InChI=1S/C12H19NO2/c1-8(2)5-10(14)12(7-13)6-9-3-4-11(12)15-9/h8-11,14H,3-6H2,1-2H3. The Balaban J connectivity index is 2.13. The zero-order valence-electron chi connectivity index (χ0n) is 9.44. The summed E-state index contributed by atoms with van der Waals surface area (Å²) >= 11 is 0. The Kier molecular flexibility index (Phi) is 2.74. The molecule has 1 N–H and O–H groups in total. The molecule has 4 atom stereocenters. The third-order valence-electron chi connectivity index (χ3n) is 3.74. The number of aliphatic hydroxyl groups excluding tert-OH is 1. The second-order valence-corrected chi connectivity index (χ2v) is 5.33. The number of hydrogen-bond donors (Lipinski definition) is 1. The summed E-state index contributed by atoms with van der Waals surface area (Å²) in [7, 11) is 0. The summed E-state index contributed by atoms with van der Waals surface area (Å²) in [5.74, 6) is 0.421. The van der Waals surface area contributed by atoms with E-state index < -0.39 is 11.5 Å². The van der Waals surface area contributed by atoms with Crippen molar-refractivity contribution in [3.63, 3.8) is 0 Å². The van der Waals surface area contributed by atoms with Gasteiger partial charge in [0.05, 0.1) is 24.4 Å². The van der Waals surface area contributed by atoms with Crippen LogP contribution in [0.3, 0.4) is 0 Å². The van der Waals surface area contributed by atoms with Crippen molar-refractivity contribution >= 4 is 0 Å². The van der Waals surface area contributed by atoms with Gasteiger partial charge in [-0.3, -0.25) is 0 Å². The van der Waals surface area contributed by atoms with Crippen LogP contribution in [0.5, 0.6) is 0 Å². The molecule has 84 valence electrons. The van der Waals surface area contributed by atoms with Crippen molar-refractivity contribution in [2.45, 2.75) is 57.8 Å². The van der Waals surface area contributed by atoms with Gasteiger partial charge in [0, 0.05) is 0 Å². The lowest BCUT2D eigenvalue weighted by Crippen LogP contribution is -2.42. The minimum atomic E-state index is -0.618. The molecule has 2 saturated heterocycles. The van der Waals surface area contributed by atoms with Crippen LogP contribution in [0.15, 0.2) is 0 Å². The highest BCUT2D eigenvalue weighted by Crippen LogP contribution is 2.50. The molecule has 0 amide bonds. The molecule has 2 aliphatic heterocycles.